The van der Waals surface area contributed by atoms with E-state index in [1.54, 1.807) is 58.4 Å². The van der Waals surface area contributed by atoms with E-state index in [0.717, 1.165) is 11.1 Å². The first-order valence-electron chi connectivity index (χ1n) is 8.35. The van der Waals surface area contributed by atoms with Gasteiger partial charge in [0.2, 0.25) is 0 Å². The summed E-state index contributed by atoms with van der Waals surface area (Å²) in [5.41, 5.74) is 4.80. The standard InChI is InChI=1S/C20H23ClN2O4/c1-12-10-16(21)7-9-17(12)27-14(3)20(24)23-22-13(2)15-6-8-18(25-4)19(11-15)26-5/h6-11,14H,1-5H3,(H,23,24)/b22-13+. The molecular formula is C20H23ClN2O4. The highest BCUT2D eigenvalue weighted by molar-refractivity contribution is 6.30. The minimum absolute atomic E-state index is 0.357. The van der Waals surface area contributed by atoms with Crippen molar-refractivity contribution in [1.29, 1.82) is 0 Å². The third kappa shape index (κ3) is 5.37. The number of amides is 1. The summed E-state index contributed by atoms with van der Waals surface area (Å²) in [6.45, 7) is 5.31. The van der Waals surface area contributed by atoms with Gasteiger partial charge in [0.05, 0.1) is 19.9 Å². The lowest BCUT2D eigenvalue weighted by Crippen LogP contribution is -2.34. The molecule has 0 radical (unpaired) electrons. The monoisotopic (exact) mass is 390 g/mol. The molecule has 6 nitrogen and oxygen atoms in total. The predicted octanol–water partition coefficient (Wildman–Crippen LogP) is 3.97. The Hall–Kier alpha value is -2.73. The number of halogens is 1. The van der Waals surface area contributed by atoms with Crippen molar-refractivity contribution in [1.82, 2.24) is 5.43 Å². The first kappa shape index (κ1) is 20.6. The molecule has 0 saturated heterocycles. The summed E-state index contributed by atoms with van der Waals surface area (Å²) in [4.78, 5) is 12.3. The zero-order chi connectivity index (χ0) is 20.0. The molecule has 27 heavy (non-hydrogen) atoms. The molecule has 1 atom stereocenters. The van der Waals surface area contributed by atoms with Gasteiger partial charge in [-0.15, -0.1) is 0 Å². The van der Waals surface area contributed by atoms with Crippen LogP contribution in [0.1, 0.15) is 25.0 Å². The molecule has 144 valence electrons. The molecule has 0 heterocycles. The SMILES string of the molecule is COc1ccc(/C(C)=N/NC(=O)C(C)Oc2ccc(Cl)cc2C)cc1OC. The molecule has 7 heteroatoms. The quantitative estimate of drug-likeness (QED) is 0.573. The Morgan fingerprint density at radius 3 is 2.37 bits per heavy atom. The fourth-order valence-corrected chi connectivity index (χ4v) is 2.57. The average Bonchev–Trinajstić information content (AvgIpc) is 2.67. The van der Waals surface area contributed by atoms with Gasteiger partial charge < -0.3 is 14.2 Å². The van der Waals surface area contributed by atoms with Gasteiger partial charge in [0, 0.05) is 10.6 Å². The second-order valence-electron chi connectivity index (χ2n) is 5.91. The topological polar surface area (TPSA) is 69.2 Å². The van der Waals surface area contributed by atoms with Crippen molar-refractivity contribution < 1.29 is 19.0 Å². The zero-order valence-electron chi connectivity index (χ0n) is 16.0. The van der Waals surface area contributed by atoms with Gasteiger partial charge >= 0.3 is 0 Å². The highest BCUT2D eigenvalue weighted by Gasteiger charge is 2.16. The molecule has 1 amide bonds. The normalized spacial score (nSPS) is 12.3. The molecule has 1 N–H and O–H groups in total. The van der Waals surface area contributed by atoms with Gasteiger partial charge in [-0.1, -0.05) is 11.6 Å². The molecule has 2 aromatic carbocycles. The summed E-state index contributed by atoms with van der Waals surface area (Å²) < 4.78 is 16.2. The molecule has 0 saturated carbocycles. The lowest BCUT2D eigenvalue weighted by atomic mass is 10.1. The maximum atomic E-state index is 12.3. The lowest BCUT2D eigenvalue weighted by molar-refractivity contribution is -0.127. The molecule has 0 fully saturated rings. The van der Waals surface area contributed by atoms with Crippen molar-refractivity contribution in [3.63, 3.8) is 0 Å². The summed E-state index contributed by atoms with van der Waals surface area (Å²) in [5.74, 6) is 1.45. The number of hydrogen-bond acceptors (Lipinski definition) is 5. The van der Waals surface area contributed by atoms with Crippen molar-refractivity contribution in [3.8, 4) is 17.2 Å². The second kappa shape index (κ2) is 9.28. The number of methoxy groups -OCH3 is 2. The number of benzene rings is 2. The summed E-state index contributed by atoms with van der Waals surface area (Å²) in [6.07, 6.45) is -0.716. The van der Waals surface area contributed by atoms with Crippen molar-refractivity contribution in [3.05, 3.63) is 52.5 Å². The molecule has 0 bridgehead atoms. The fourth-order valence-electron chi connectivity index (χ4n) is 2.34. The Morgan fingerprint density at radius 2 is 1.74 bits per heavy atom. The first-order valence-corrected chi connectivity index (χ1v) is 8.72. The number of ether oxygens (including phenoxy) is 3. The van der Waals surface area contributed by atoms with E-state index in [4.69, 9.17) is 25.8 Å². The number of hydrazone groups is 1. The maximum Gasteiger partial charge on any atom is 0.280 e. The maximum absolute atomic E-state index is 12.3. The summed E-state index contributed by atoms with van der Waals surface area (Å²) in [7, 11) is 3.14. The minimum Gasteiger partial charge on any atom is -0.493 e. The van der Waals surface area contributed by atoms with Crippen molar-refractivity contribution in [2.75, 3.05) is 14.2 Å². The number of hydrogen-bond donors (Lipinski definition) is 1. The first-order chi connectivity index (χ1) is 12.8. The number of nitrogens with zero attached hydrogens (tertiary/aromatic N) is 1. The smallest absolute Gasteiger partial charge is 0.280 e. The van der Waals surface area contributed by atoms with Crippen LogP contribution in [0.4, 0.5) is 0 Å². The van der Waals surface area contributed by atoms with Gasteiger partial charge in [-0.2, -0.15) is 5.10 Å². The van der Waals surface area contributed by atoms with Gasteiger partial charge in [-0.05, 0) is 62.7 Å². The average molecular weight is 391 g/mol. The highest BCUT2D eigenvalue weighted by atomic mass is 35.5. The van der Waals surface area contributed by atoms with Crippen LogP contribution < -0.4 is 19.6 Å². The lowest BCUT2D eigenvalue weighted by Gasteiger charge is -2.15. The molecule has 1 unspecified atom stereocenters. The number of rotatable bonds is 7. The van der Waals surface area contributed by atoms with Gasteiger partial charge in [0.25, 0.3) is 5.91 Å². The molecular weight excluding hydrogens is 368 g/mol. The van der Waals surface area contributed by atoms with E-state index in [1.807, 2.05) is 13.0 Å². The van der Waals surface area contributed by atoms with Crippen LogP contribution in [0.15, 0.2) is 41.5 Å². The Kier molecular flexibility index (Phi) is 7.07. The largest absolute Gasteiger partial charge is 0.493 e. The minimum atomic E-state index is -0.716. The Bertz CT molecular complexity index is 852. The van der Waals surface area contributed by atoms with Crippen LogP contribution in [0.5, 0.6) is 17.2 Å². The summed E-state index contributed by atoms with van der Waals surface area (Å²) >= 11 is 5.93. The van der Waals surface area contributed by atoms with Crippen molar-refractivity contribution >= 4 is 23.2 Å². The van der Waals surface area contributed by atoms with Crippen molar-refractivity contribution in [2.24, 2.45) is 5.10 Å². The van der Waals surface area contributed by atoms with Crippen LogP contribution in [-0.4, -0.2) is 31.9 Å². The van der Waals surface area contributed by atoms with E-state index >= 15 is 0 Å². The molecule has 0 aliphatic carbocycles. The molecule has 0 spiro atoms. The molecule has 0 aromatic heterocycles. The number of carbonyl (C=O) groups is 1. The highest BCUT2D eigenvalue weighted by Crippen LogP contribution is 2.27. The van der Waals surface area contributed by atoms with Crippen molar-refractivity contribution in [2.45, 2.75) is 26.9 Å². The van der Waals surface area contributed by atoms with E-state index in [2.05, 4.69) is 10.5 Å². The van der Waals surface area contributed by atoms with Gasteiger partial charge in [0.1, 0.15) is 5.75 Å². The van der Waals surface area contributed by atoms with E-state index in [9.17, 15) is 4.79 Å². The van der Waals surface area contributed by atoms with E-state index in [-0.39, 0.29) is 5.91 Å². The number of carbonyl (C=O) groups excluding carboxylic acids is 1. The second-order valence-corrected chi connectivity index (χ2v) is 6.35. The third-order valence-corrected chi connectivity index (χ3v) is 4.18. The van der Waals surface area contributed by atoms with Gasteiger partial charge in [0.15, 0.2) is 17.6 Å². The van der Waals surface area contributed by atoms with E-state index < -0.39 is 6.10 Å². The molecule has 0 aliphatic heterocycles. The summed E-state index contributed by atoms with van der Waals surface area (Å²) in [5, 5.41) is 4.76. The van der Waals surface area contributed by atoms with Crippen LogP contribution in [0.3, 0.4) is 0 Å². The number of aryl methyl sites for hydroxylation is 1. The fraction of sp³-hybridized carbons (Fsp3) is 0.300. The number of nitrogens with one attached hydrogen (secondary N) is 1. The molecule has 2 rings (SSSR count). The molecule has 2 aromatic rings. The van der Waals surface area contributed by atoms with Crippen LogP contribution in [-0.2, 0) is 4.79 Å². The van der Waals surface area contributed by atoms with E-state index in [0.29, 0.717) is 28.0 Å². The molecule has 0 aliphatic rings. The zero-order valence-corrected chi connectivity index (χ0v) is 16.8. The van der Waals surface area contributed by atoms with Crippen LogP contribution in [0.25, 0.3) is 0 Å². The van der Waals surface area contributed by atoms with Crippen LogP contribution in [0, 0.1) is 6.92 Å². The van der Waals surface area contributed by atoms with Gasteiger partial charge in [-0.25, -0.2) is 5.43 Å². The Balaban J connectivity index is 2.04. The van der Waals surface area contributed by atoms with Crippen LogP contribution in [0.2, 0.25) is 5.02 Å². The van der Waals surface area contributed by atoms with E-state index in [1.165, 1.54) is 0 Å². The predicted molar refractivity (Wildman–Crippen MR) is 106 cm³/mol. The van der Waals surface area contributed by atoms with Gasteiger partial charge in [-0.3, -0.25) is 4.79 Å². The Morgan fingerprint density at radius 1 is 1.07 bits per heavy atom. The summed E-state index contributed by atoms with van der Waals surface area (Å²) in [6, 6.07) is 10.6. The third-order valence-electron chi connectivity index (χ3n) is 3.95. The Labute approximate surface area is 164 Å². The van der Waals surface area contributed by atoms with Crippen LogP contribution >= 0.6 is 11.6 Å².